The van der Waals surface area contributed by atoms with Crippen LogP contribution in [0.3, 0.4) is 0 Å². The van der Waals surface area contributed by atoms with Crippen molar-refractivity contribution < 1.29 is 17.9 Å². The minimum atomic E-state index is -3.53. The second-order valence-corrected chi connectivity index (χ2v) is 7.46. The third-order valence-electron chi connectivity index (χ3n) is 3.85. The van der Waals surface area contributed by atoms with Crippen LogP contribution in [0.25, 0.3) is 6.08 Å². The Morgan fingerprint density at radius 2 is 1.62 bits per heavy atom. The molecule has 6 heteroatoms. The Hall–Kier alpha value is -2.44. The number of carbonyl (C=O) groups is 1. The Morgan fingerprint density at radius 1 is 1.00 bits per heavy atom. The van der Waals surface area contributed by atoms with Gasteiger partial charge in [-0.25, -0.2) is 13.2 Å². The lowest BCUT2D eigenvalue weighted by Crippen LogP contribution is -2.30. The molecule has 0 fully saturated rings. The molecule has 0 aliphatic heterocycles. The lowest BCUT2D eigenvalue weighted by atomic mass is 10.2. The Kier molecular flexibility index (Phi) is 7.12. The summed E-state index contributed by atoms with van der Waals surface area (Å²) in [5.74, 6) is -0.491. The number of nitrogens with zero attached hydrogens (tertiary/aromatic N) is 1. The Bertz CT molecular complexity index is 839. The number of hydrogen-bond donors (Lipinski definition) is 0. The van der Waals surface area contributed by atoms with E-state index in [0.717, 1.165) is 5.56 Å². The van der Waals surface area contributed by atoms with Gasteiger partial charge in [-0.1, -0.05) is 50.3 Å². The number of sulfonamides is 1. The third-order valence-corrected chi connectivity index (χ3v) is 5.92. The summed E-state index contributed by atoms with van der Waals surface area (Å²) in [7, 11) is -3.53. The van der Waals surface area contributed by atoms with Crippen LogP contribution >= 0.6 is 0 Å². The number of ether oxygens (including phenoxy) is 1. The van der Waals surface area contributed by atoms with Crippen LogP contribution in [0, 0.1) is 0 Å². The smallest absolute Gasteiger partial charge is 0.338 e. The van der Waals surface area contributed by atoms with Crippen LogP contribution < -0.4 is 0 Å². The molecule has 2 aromatic rings. The Balaban J connectivity index is 1.97. The van der Waals surface area contributed by atoms with Crippen LogP contribution in [0.4, 0.5) is 0 Å². The van der Waals surface area contributed by atoms with Gasteiger partial charge in [0.2, 0.25) is 10.0 Å². The molecule has 138 valence electrons. The predicted molar refractivity (Wildman–Crippen MR) is 102 cm³/mol. The third kappa shape index (κ3) is 5.03. The zero-order valence-electron chi connectivity index (χ0n) is 15.0. The highest BCUT2D eigenvalue weighted by molar-refractivity contribution is 7.89. The van der Waals surface area contributed by atoms with Crippen LogP contribution in [0.5, 0.6) is 0 Å². The van der Waals surface area contributed by atoms with Crippen molar-refractivity contribution in [3.8, 4) is 0 Å². The maximum absolute atomic E-state index is 12.4. The van der Waals surface area contributed by atoms with E-state index in [9.17, 15) is 13.2 Å². The zero-order chi connectivity index (χ0) is 19.0. The van der Waals surface area contributed by atoms with E-state index in [1.807, 2.05) is 36.4 Å². The van der Waals surface area contributed by atoms with Crippen molar-refractivity contribution in [2.24, 2.45) is 0 Å². The van der Waals surface area contributed by atoms with Gasteiger partial charge in [-0.15, -0.1) is 0 Å². The molecule has 0 aliphatic rings. The van der Waals surface area contributed by atoms with Gasteiger partial charge in [0.1, 0.15) is 6.61 Å². The molecule has 2 aromatic carbocycles. The van der Waals surface area contributed by atoms with Gasteiger partial charge in [0.15, 0.2) is 0 Å². The molecular formula is C20H23NO4S. The Morgan fingerprint density at radius 3 is 2.19 bits per heavy atom. The highest BCUT2D eigenvalue weighted by atomic mass is 32.2. The molecule has 0 saturated heterocycles. The van der Waals surface area contributed by atoms with E-state index in [2.05, 4.69) is 0 Å². The molecule has 0 aromatic heterocycles. The fourth-order valence-electron chi connectivity index (χ4n) is 2.43. The first-order valence-corrected chi connectivity index (χ1v) is 9.92. The molecule has 0 saturated carbocycles. The van der Waals surface area contributed by atoms with Crippen molar-refractivity contribution in [3.63, 3.8) is 0 Å². The van der Waals surface area contributed by atoms with Gasteiger partial charge in [-0.05, 0) is 35.9 Å². The summed E-state index contributed by atoms with van der Waals surface area (Å²) in [5.41, 5.74) is 1.34. The van der Waals surface area contributed by atoms with E-state index < -0.39 is 16.0 Å². The first-order valence-electron chi connectivity index (χ1n) is 8.48. The van der Waals surface area contributed by atoms with Crippen molar-refractivity contribution in [2.75, 3.05) is 19.7 Å². The normalized spacial score (nSPS) is 11.8. The van der Waals surface area contributed by atoms with Crippen LogP contribution in [0.15, 0.2) is 65.6 Å². The lowest BCUT2D eigenvalue weighted by Gasteiger charge is -2.18. The summed E-state index contributed by atoms with van der Waals surface area (Å²) >= 11 is 0. The van der Waals surface area contributed by atoms with Crippen molar-refractivity contribution in [3.05, 3.63) is 71.8 Å². The number of hydrogen-bond acceptors (Lipinski definition) is 4. The summed E-state index contributed by atoms with van der Waals surface area (Å²) in [6, 6.07) is 15.5. The van der Waals surface area contributed by atoms with Crippen molar-refractivity contribution in [1.82, 2.24) is 4.31 Å². The molecule has 0 spiro atoms. The van der Waals surface area contributed by atoms with Gasteiger partial charge in [0.25, 0.3) is 0 Å². The fourth-order valence-corrected chi connectivity index (χ4v) is 3.89. The standard InChI is InChI=1S/C20H23NO4S/c1-3-21(4-2)26(23,24)19-14-12-18(13-15-19)20(22)25-16-8-11-17-9-6-5-7-10-17/h5-15H,3-4,16H2,1-2H3. The second kappa shape index (κ2) is 9.31. The second-order valence-electron chi connectivity index (χ2n) is 5.53. The molecule has 0 N–H and O–H groups in total. The van der Waals surface area contributed by atoms with E-state index in [-0.39, 0.29) is 11.5 Å². The van der Waals surface area contributed by atoms with E-state index in [1.165, 1.54) is 28.6 Å². The quantitative estimate of drug-likeness (QED) is 0.664. The fraction of sp³-hybridized carbons (Fsp3) is 0.250. The number of benzene rings is 2. The lowest BCUT2D eigenvalue weighted by molar-refractivity contribution is 0.0550. The molecule has 5 nitrogen and oxygen atoms in total. The van der Waals surface area contributed by atoms with E-state index in [1.54, 1.807) is 19.9 Å². The van der Waals surface area contributed by atoms with E-state index >= 15 is 0 Å². The monoisotopic (exact) mass is 373 g/mol. The van der Waals surface area contributed by atoms with E-state index in [0.29, 0.717) is 18.7 Å². The minimum absolute atomic E-state index is 0.146. The molecule has 0 heterocycles. The summed E-state index contributed by atoms with van der Waals surface area (Å²) in [5, 5.41) is 0. The summed E-state index contributed by atoms with van der Waals surface area (Å²) < 4.78 is 31.4. The minimum Gasteiger partial charge on any atom is -0.458 e. The molecule has 26 heavy (non-hydrogen) atoms. The first-order chi connectivity index (χ1) is 12.5. The average molecular weight is 373 g/mol. The maximum Gasteiger partial charge on any atom is 0.338 e. The first kappa shape index (κ1) is 19.9. The molecule has 0 bridgehead atoms. The molecule has 0 unspecified atom stereocenters. The number of esters is 1. The zero-order valence-corrected chi connectivity index (χ0v) is 15.8. The highest BCUT2D eigenvalue weighted by Gasteiger charge is 2.21. The van der Waals surface area contributed by atoms with Crippen LogP contribution in [0.2, 0.25) is 0 Å². The van der Waals surface area contributed by atoms with Crippen molar-refractivity contribution in [2.45, 2.75) is 18.7 Å². The van der Waals surface area contributed by atoms with Crippen molar-refractivity contribution in [1.29, 1.82) is 0 Å². The summed E-state index contributed by atoms with van der Waals surface area (Å²) in [4.78, 5) is 12.2. The van der Waals surface area contributed by atoms with Gasteiger partial charge in [-0.2, -0.15) is 4.31 Å². The van der Waals surface area contributed by atoms with Gasteiger partial charge in [0.05, 0.1) is 10.5 Å². The molecule has 0 amide bonds. The SMILES string of the molecule is CCN(CC)S(=O)(=O)c1ccc(C(=O)OCC=Cc2ccccc2)cc1. The van der Waals surface area contributed by atoms with Gasteiger partial charge >= 0.3 is 5.97 Å². The number of carbonyl (C=O) groups excluding carboxylic acids is 1. The topological polar surface area (TPSA) is 63.7 Å². The number of rotatable bonds is 8. The summed E-state index contributed by atoms with van der Waals surface area (Å²) in [6.45, 7) is 4.52. The van der Waals surface area contributed by atoms with Crippen LogP contribution in [-0.2, 0) is 14.8 Å². The average Bonchev–Trinajstić information content (AvgIpc) is 2.67. The maximum atomic E-state index is 12.4. The Labute approximate surface area is 155 Å². The van der Waals surface area contributed by atoms with Gasteiger partial charge < -0.3 is 4.74 Å². The van der Waals surface area contributed by atoms with Gasteiger partial charge in [0, 0.05) is 13.1 Å². The molecule has 0 atom stereocenters. The molecular weight excluding hydrogens is 350 g/mol. The predicted octanol–water partition coefficient (Wildman–Crippen LogP) is 3.59. The van der Waals surface area contributed by atoms with Gasteiger partial charge in [-0.3, -0.25) is 0 Å². The summed E-state index contributed by atoms with van der Waals surface area (Å²) in [6.07, 6.45) is 3.62. The van der Waals surface area contributed by atoms with Crippen LogP contribution in [0.1, 0.15) is 29.8 Å². The molecule has 0 aliphatic carbocycles. The van der Waals surface area contributed by atoms with E-state index in [4.69, 9.17) is 4.74 Å². The largest absolute Gasteiger partial charge is 0.458 e. The highest BCUT2D eigenvalue weighted by Crippen LogP contribution is 2.16. The molecule has 0 radical (unpaired) electrons. The van der Waals surface area contributed by atoms with Crippen LogP contribution in [-0.4, -0.2) is 38.4 Å². The molecule has 2 rings (SSSR count). The van der Waals surface area contributed by atoms with Crippen molar-refractivity contribution >= 4 is 22.1 Å².